The first kappa shape index (κ1) is 27.5. The molecule has 49 heavy (non-hydrogen) atoms. The Morgan fingerprint density at radius 3 is 1.65 bits per heavy atom. The van der Waals surface area contributed by atoms with E-state index in [0.29, 0.717) is 0 Å². The van der Waals surface area contributed by atoms with Crippen LogP contribution >= 0.6 is 0 Å². The summed E-state index contributed by atoms with van der Waals surface area (Å²) in [5.41, 5.74) is 11.2. The summed E-state index contributed by atoms with van der Waals surface area (Å²) in [6.07, 6.45) is 0. The number of hydrogen-bond donors (Lipinski definition) is 0. The topological polar surface area (TPSA) is 29.5 Å². The molecule has 2 aromatic heterocycles. The van der Waals surface area contributed by atoms with E-state index in [-0.39, 0.29) is 0 Å². The zero-order valence-corrected chi connectivity index (χ0v) is 26.5. The van der Waals surface area contributed by atoms with Crippen molar-refractivity contribution in [3.8, 4) is 22.3 Å². The number of fused-ring (bicyclic) bond motifs is 7. The molecule has 230 valence electrons. The molecule has 0 N–H and O–H groups in total. The van der Waals surface area contributed by atoms with Crippen molar-refractivity contribution in [2.75, 3.05) is 4.90 Å². The van der Waals surface area contributed by atoms with Gasteiger partial charge in [0, 0.05) is 27.3 Å². The SMILES string of the molecule is c1ccc(N(c2ccccc2-c2ccc3c(c2)oc2ccccc23)c2cccc3oc4ccccc4c23)c(-c2ccc3ccccc3c2)c1. The van der Waals surface area contributed by atoms with Crippen molar-refractivity contribution in [1.29, 1.82) is 0 Å². The van der Waals surface area contributed by atoms with Gasteiger partial charge in [0.15, 0.2) is 0 Å². The maximum Gasteiger partial charge on any atom is 0.137 e. The standard InChI is InChI=1S/C46H29NO2/c1-2-13-31-28-32(25-24-30(31)12-1)34-14-3-7-18-39(34)47(41-20-11-23-44-46(41)38-17-6-10-22-43(38)48-44)40-19-8-4-15-35(40)33-26-27-37-36-16-5-9-21-42(36)49-45(37)29-33/h1-29H. The first-order valence-electron chi connectivity index (χ1n) is 16.6. The van der Waals surface area contributed by atoms with Crippen LogP contribution in [0.25, 0.3) is 76.9 Å². The van der Waals surface area contributed by atoms with Crippen molar-refractivity contribution >= 4 is 71.7 Å². The van der Waals surface area contributed by atoms with Crippen molar-refractivity contribution in [1.82, 2.24) is 0 Å². The van der Waals surface area contributed by atoms with Crippen molar-refractivity contribution in [3.05, 3.63) is 176 Å². The molecule has 0 spiro atoms. The third-order valence-electron chi connectivity index (χ3n) is 9.66. The fourth-order valence-corrected chi connectivity index (χ4v) is 7.41. The summed E-state index contributed by atoms with van der Waals surface area (Å²) in [5.74, 6) is 0. The summed E-state index contributed by atoms with van der Waals surface area (Å²) in [5, 5.41) is 6.84. The lowest BCUT2D eigenvalue weighted by Crippen LogP contribution is -2.12. The Kier molecular flexibility index (Phi) is 6.18. The van der Waals surface area contributed by atoms with Gasteiger partial charge in [-0.05, 0) is 76.5 Å². The highest BCUT2D eigenvalue weighted by atomic mass is 16.3. The Balaban J connectivity index is 1.26. The zero-order chi connectivity index (χ0) is 32.3. The summed E-state index contributed by atoms with van der Waals surface area (Å²) in [6.45, 7) is 0. The molecule has 0 unspecified atom stereocenters. The van der Waals surface area contributed by atoms with Crippen LogP contribution < -0.4 is 4.90 Å². The van der Waals surface area contributed by atoms with Gasteiger partial charge >= 0.3 is 0 Å². The molecule has 0 atom stereocenters. The van der Waals surface area contributed by atoms with Crippen LogP contribution in [0.5, 0.6) is 0 Å². The average Bonchev–Trinajstić information content (AvgIpc) is 3.74. The average molecular weight is 628 g/mol. The van der Waals surface area contributed by atoms with Crippen LogP contribution in [-0.2, 0) is 0 Å². The Morgan fingerprint density at radius 2 is 0.857 bits per heavy atom. The van der Waals surface area contributed by atoms with Gasteiger partial charge < -0.3 is 13.7 Å². The molecular weight excluding hydrogens is 599 g/mol. The highest BCUT2D eigenvalue weighted by molar-refractivity contribution is 6.14. The van der Waals surface area contributed by atoms with Gasteiger partial charge in [-0.25, -0.2) is 0 Å². The van der Waals surface area contributed by atoms with Crippen LogP contribution in [-0.4, -0.2) is 0 Å². The number of furan rings is 2. The van der Waals surface area contributed by atoms with E-state index in [2.05, 4.69) is 157 Å². The van der Waals surface area contributed by atoms with Gasteiger partial charge in [0.05, 0.1) is 22.4 Å². The van der Waals surface area contributed by atoms with E-state index in [9.17, 15) is 0 Å². The molecule has 0 fully saturated rings. The van der Waals surface area contributed by atoms with Crippen molar-refractivity contribution in [3.63, 3.8) is 0 Å². The number of hydrogen-bond acceptors (Lipinski definition) is 3. The van der Waals surface area contributed by atoms with Crippen molar-refractivity contribution in [2.24, 2.45) is 0 Å². The number of nitrogens with zero attached hydrogens (tertiary/aromatic N) is 1. The molecule has 0 aliphatic heterocycles. The summed E-state index contributed by atoms with van der Waals surface area (Å²) in [4.78, 5) is 2.41. The van der Waals surface area contributed by atoms with E-state index in [0.717, 1.165) is 83.2 Å². The van der Waals surface area contributed by atoms with Gasteiger partial charge in [-0.15, -0.1) is 0 Å². The van der Waals surface area contributed by atoms with Gasteiger partial charge in [-0.2, -0.15) is 0 Å². The molecule has 8 aromatic carbocycles. The lowest BCUT2D eigenvalue weighted by Gasteiger charge is -2.30. The molecule has 0 saturated heterocycles. The van der Waals surface area contributed by atoms with Crippen molar-refractivity contribution in [2.45, 2.75) is 0 Å². The second kappa shape index (κ2) is 11.0. The first-order chi connectivity index (χ1) is 24.3. The Morgan fingerprint density at radius 1 is 0.327 bits per heavy atom. The minimum atomic E-state index is 0.855. The summed E-state index contributed by atoms with van der Waals surface area (Å²) in [6, 6.07) is 62.1. The lowest BCUT2D eigenvalue weighted by molar-refractivity contribution is 0.668. The third-order valence-corrected chi connectivity index (χ3v) is 9.66. The monoisotopic (exact) mass is 627 g/mol. The minimum absolute atomic E-state index is 0.855. The fourth-order valence-electron chi connectivity index (χ4n) is 7.41. The summed E-state index contributed by atoms with van der Waals surface area (Å²) < 4.78 is 12.8. The fraction of sp³-hybridized carbons (Fsp3) is 0. The maximum absolute atomic E-state index is 6.43. The largest absolute Gasteiger partial charge is 0.456 e. The van der Waals surface area contributed by atoms with Crippen LogP contribution in [0, 0.1) is 0 Å². The molecule has 10 aromatic rings. The van der Waals surface area contributed by atoms with Crippen LogP contribution in [0.2, 0.25) is 0 Å². The van der Waals surface area contributed by atoms with Crippen molar-refractivity contribution < 1.29 is 8.83 Å². The summed E-state index contributed by atoms with van der Waals surface area (Å²) in [7, 11) is 0. The van der Waals surface area contributed by atoms with E-state index in [1.165, 1.54) is 10.8 Å². The quantitative estimate of drug-likeness (QED) is 0.190. The molecule has 0 radical (unpaired) electrons. The number of anilines is 3. The normalized spacial score (nSPS) is 11.7. The molecule has 0 amide bonds. The highest BCUT2D eigenvalue weighted by Crippen LogP contribution is 2.48. The summed E-state index contributed by atoms with van der Waals surface area (Å²) >= 11 is 0. The van der Waals surface area contributed by atoms with E-state index < -0.39 is 0 Å². The molecule has 3 nitrogen and oxygen atoms in total. The van der Waals surface area contributed by atoms with Gasteiger partial charge in [0.1, 0.15) is 22.3 Å². The van der Waals surface area contributed by atoms with Crippen LogP contribution in [0.3, 0.4) is 0 Å². The Bertz CT molecular complexity index is 2860. The van der Waals surface area contributed by atoms with Gasteiger partial charge in [-0.3, -0.25) is 0 Å². The molecule has 0 aliphatic rings. The predicted molar refractivity (Wildman–Crippen MR) is 204 cm³/mol. The van der Waals surface area contributed by atoms with Crippen LogP contribution in [0.1, 0.15) is 0 Å². The predicted octanol–water partition coefficient (Wildman–Crippen LogP) is 13.4. The maximum atomic E-state index is 6.43. The van der Waals surface area contributed by atoms with E-state index in [4.69, 9.17) is 8.83 Å². The van der Waals surface area contributed by atoms with E-state index in [1.807, 2.05) is 24.3 Å². The molecule has 2 heterocycles. The Labute approximate surface area is 282 Å². The van der Waals surface area contributed by atoms with E-state index >= 15 is 0 Å². The zero-order valence-electron chi connectivity index (χ0n) is 26.5. The van der Waals surface area contributed by atoms with Gasteiger partial charge in [0.25, 0.3) is 0 Å². The van der Waals surface area contributed by atoms with Crippen LogP contribution in [0.4, 0.5) is 17.1 Å². The Hall–Kier alpha value is -6.58. The van der Waals surface area contributed by atoms with Crippen LogP contribution in [0.15, 0.2) is 185 Å². The molecule has 0 bridgehead atoms. The third kappa shape index (κ3) is 4.44. The second-order valence-corrected chi connectivity index (χ2v) is 12.5. The smallest absolute Gasteiger partial charge is 0.137 e. The second-order valence-electron chi connectivity index (χ2n) is 12.5. The van der Waals surface area contributed by atoms with Gasteiger partial charge in [-0.1, -0.05) is 121 Å². The molecule has 10 rings (SSSR count). The van der Waals surface area contributed by atoms with Gasteiger partial charge in [0.2, 0.25) is 0 Å². The minimum Gasteiger partial charge on any atom is -0.456 e. The number of para-hydroxylation sites is 4. The first-order valence-corrected chi connectivity index (χ1v) is 16.6. The van der Waals surface area contributed by atoms with E-state index in [1.54, 1.807) is 0 Å². The molecular formula is C46H29NO2. The molecule has 0 aliphatic carbocycles. The highest BCUT2D eigenvalue weighted by Gasteiger charge is 2.24. The number of benzene rings is 8. The lowest BCUT2D eigenvalue weighted by atomic mass is 9.96. The molecule has 0 saturated carbocycles. The number of rotatable bonds is 5. The molecule has 3 heteroatoms.